The van der Waals surface area contributed by atoms with Crippen molar-refractivity contribution < 1.29 is 44.2 Å². The zero-order chi connectivity index (χ0) is 27.8. The summed E-state index contributed by atoms with van der Waals surface area (Å²) in [5.74, 6) is -0.376. The van der Waals surface area contributed by atoms with E-state index in [2.05, 4.69) is 6.92 Å². The molecule has 2 heterocycles. The van der Waals surface area contributed by atoms with Gasteiger partial charge < -0.3 is 39.4 Å². The molecule has 12 atom stereocenters. The quantitative estimate of drug-likeness (QED) is 0.307. The fraction of sp³-hybridized carbons (Fsp3) is 0.900. The van der Waals surface area contributed by atoms with Gasteiger partial charge in [-0.1, -0.05) is 13.0 Å². The number of carbonyl (C=O) groups excluding carboxylic acids is 1. The number of esters is 1. The summed E-state index contributed by atoms with van der Waals surface area (Å²) in [6.45, 7) is 4.14. The maximum Gasteiger partial charge on any atom is 0.330 e. The van der Waals surface area contributed by atoms with E-state index in [1.807, 2.05) is 6.08 Å². The van der Waals surface area contributed by atoms with Crippen molar-refractivity contribution in [3.8, 4) is 0 Å². The van der Waals surface area contributed by atoms with Crippen LogP contribution in [0.4, 0.5) is 0 Å². The van der Waals surface area contributed by atoms with Crippen LogP contribution in [-0.2, 0) is 23.7 Å². The molecule has 0 aromatic heterocycles. The number of rotatable bonds is 4. The van der Waals surface area contributed by atoms with Crippen molar-refractivity contribution in [3.63, 3.8) is 0 Å². The Morgan fingerprint density at radius 1 is 1.08 bits per heavy atom. The monoisotopic (exact) mass is 550 g/mol. The first-order valence-corrected chi connectivity index (χ1v) is 14.9. The summed E-state index contributed by atoms with van der Waals surface area (Å²) in [6.07, 6.45) is 7.49. The van der Waals surface area contributed by atoms with Crippen LogP contribution >= 0.6 is 0 Å². The third-order valence-electron chi connectivity index (χ3n) is 12.6. The molecule has 0 bridgehead atoms. The minimum absolute atomic E-state index is 0.00971. The number of cyclic esters (lactones) is 1. The Morgan fingerprint density at radius 2 is 1.85 bits per heavy atom. The van der Waals surface area contributed by atoms with Crippen LogP contribution in [0.3, 0.4) is 0 Å². The van der Waals surface area contributed by atoms with Crippen LogP contribution in [-0.4, -0.2) is 88.6 Å². The molecule has 0 aromatic carbocycles. The van der Waals surface area contributed by atoms with Gasteiger partial charge in [0.2, 0.25) is 0 Å². The van der Waals surface area contributed by atoms with E-state index in [9.17, 15) is 25.2 Å². The standard InChI is InChI=1S/C30H46O9/c1-18-25(33)22(36-3)14-24(38-18)39-19-4-10-28(16-31)20-5-8-26(2)27(9-7-23(32)37-17-27)12-13-30(26,35)21(20)6-11-29(28,34)15-19/h7,9,18-22,24-25,31,33-35H,4-6,8,10-17H2,1-3H3/t18-,19-,20+,21-,22-,24+,25-,26-,27+,28+,29+,30-/m1/s1. The van der Waals surface area contributed by atoms with Gasteiger partial charge in [0, 0.05) is 42.3 Å². The second kappa shape index (κ2) is 9.48. The lowest BCUT2D eigenvalue weighted by Crippen LogP contribution is -2.70. The molecule has 0 amide bonds. The molecular formula is C30H46O9. The predicted molar refractivity (Wildman–Crippen MR) is 139 cm³/mol. The van der Waals surface area contributed by atoms with E-state index in [4.69, 9.17) is 18.9 Å². The molecule has 5 fully saturated rings. The summed E-state index contributed by atoms with van der Waals surface area (Å²) in [6, 6.07) is 0. The number of hydrogen-bond acceptors (Lipinski definition) is 9. The zero-order valence-corrected chi connectivity index (χ0v) is 23.5. The summed E-state index contributed by atoms with van der Waals surface area (Å²) >= 11 is 0. The molecule has 1 saturated heterocycles. The van der Waals surface area contributed by atoms with E-state index in [-0.39, 0.29) is 42.0 Å². The van der Waals surface area contributed by atoms with Gasteiger partial charge in [-0.3, -0.25) is 0 Å². The van der Waals surface area contributed by atoms with Gasteiger partial charge in [0.25, 0.3) is 0 Å². The maximum atomic E-state index is 12.5. The highest BCUT2D eigenvalue weighted by molar-refractivity contribution is 5.83. The average molecular weight is 551 g/mol. The van der Waals surface area contributed by atoms with Crippen LogP contribution in [0.5, 0.6) is 0 Å². The number of methoxy groups -OCH3 is 1. The summed E-state index contributed by atoms with van der Waals surface area (Å²) in [5, 5.41) is 46.0. The predicted octanol–water partition coefficient (Wildman–Crippen LogP) is 2.23. The summed E-state index contributed by atoms with van der Waals surface area (Å²) < 4.78 is 23.2. The van der Waals surface area contributed by atoms with Crippen LogP contribution in [0.25, 0.3) is 0 Å². The largest absolute Gasteiger partial charge is 0.462 e. The Bertz CT molecular complexity index is 1000. The molecule has 0 radical (unpaired) electrons. The number of ether oxygens (including phenoxy) is 4. The van der Waals surface area contributed by atoms with E-state index < -0.39 is 40.5 Å². The first-order valence-electron chi connectivity index (χ1n) is 14.9. The molecule has 1 spiro atoms. The highest BCUT2D eigenvalue weighted by Gasteiger charge is 2.74. The third-order valence-corrected chi connectivity index (χ3v) is 12.6. The molecular weight excluding hydrogens is 504 g/mol. The lowest BCUT2D eigenvalue weighted by Gasteiger charge is -2.67. The number of hydrogen-bond donors (Lipinski definition) is 4. The number of aliphatic hydroxyl groups excluding tert-OH is 2. The van der Waals surface area contributed by atoms with Crippen molar-refractivity contribution in [2.75, 3.05) is 20.3 Å². The van der Waals surface area contributed by atoms with Crippen LogP contribution < -0.4 is 0 Å². The molecule has 4 saturated carbocycles. The molecule has 4 N–H and O–H groups in total. The highest BCUT2D eigenvalue weighted by atomic mass is 16.7. The molecule has 0 unspecified atom stereocenters. The summed E-state index contributed by atoms with van der Waals surface area (Å²) in [5.41, 5.74) is -3.58. The number of aliphatic hydroxyl groups is 4. The van der Waals surface area contributed by atoms with Crippen LogP contribution in [0, 0.1) is 28.1 Å². The normalized spacial score (nSPS) is 55.1. The SMILES string of the molecule is CO[C@@H]1C[C@H](O[C@@H]2CC[C@]3(CO)[C@H]4CC[C@]5(C)[C@@]6(C=CC(=O)OC6)CC[C@@]5(O)[C@@H]4CC[C@]3(O)C2)O[C@H](C)[C@H]1O. The fourth-order valence-corrected chi connectivity index (χ4v) is 10.2. The fourth-order valence-electron chi connectivity index (χ4n) is 10.2. The Labute approximate surface area is 230 Å². The van der Waals surface area contributed by atoms with Crippen LogP contribution in [0.1, 0.15) is 78.1 Å². The molecule has 0 aromatic rings. The van der Waals surface area contributed by atoms with Gasteiger partial charge in [-0.2, -0.15) is 0 Å². The minimum Gasteiger partial charge on any atom is -0.462 e. The highest BCUT2D eigenvalue weighted by Crippen LogP contribution is 2.73. The van der Waals surface area contributed by atoms with Gasteiger partial charge in [-0.05, 0) is 70.1 Å². The molecule has 2 aliphatic heterocycles. The first-order chi connectivity index (χ1) is 18.5. The van der Waals surface area contributed by atoms with Crippen molar-refractivity contribution in [2.45, 2.75) is 120 Å². The van der Waals surface area contributed by atoms with E-state index in [1.54, 1.807) is 14.0 Å². The molecule has 6 rings (SSSR count). The third kappa shape index (κ3) is 3.80. The second-order valence-corrected chi connectivity index (χ2v) is 13.8. The van der Waals surface area contributed by atoms with Crippen molar-refractivity contribution in [1.29, 1.82) is 0 Å². The van der Waals surface area contributed by atoms with Crippen molar-refractivity contribution in [2.24, 2.45) is 28.1 Å². The topological polar surface area (TPSA) is 135 Å². The molecule has 39 heavy (non-hydrogen) atoms. The zero-order valence-electron chi connectivity index (χ0n) is 23.5. The average Bonchev–Trinajstić information content (AvgIpc) is 3.14. The van der Waals surface area contributed by atoms with Crippen LogP contribution in [0.2, 0.25) is 0 Å². The molecule has 9 nitrogen and oxygen atoms in total. The Balaban J connectivity index is 1.22. The van der Waals surface area contributed by atoms with Crippen molar-refractivity contribution in [3.05, 3.63) is 12.2 Å². The van der Waals surface area contributed by atoms with Gasteiger partial charge >= 0.3 is 5.97 Å². The first kappa shape index (κ1) is 28.1. The lowest BCUT2D eigenvalue weighted by atomic mass is 9.40. The van der Waals surface area contributed by atoms with E-state index in [1.165, 1.54) is 6.08 Å². The minimum atomic E-state index is -1.10. The number of carbonyl (C=O) groups is 1. The van der Waals surface area contributed by atoms with E-state index in [0.717, 1.165) is 19.3 Å². The van der Waals surface area contributed by atoms with Gasteiger partial charge in [-0.15, -0.1) is 0 Å². The Hall–Kier alpha value is -1.07. The van der Waals surface area contributed by atoms with E-state index >= 15 is 0 Å². The molecule has 220 valence electrons. The van der Waals surface area contributed by atoms with Gasteiger partial charge in [-0.25, -0.2) is 4.79 Å². The van der Waals surface area contributed by atoms with E-state index in [0.29, 0.717) is 51.6 Å². The number of fused-ring (bicyclic) bond motifs is 6. The Kier molecular flexibility index (Phi) is 6.82. The smallest absolute Gasteiger partial charge is 0.330 e. The molecule has 9 heteroatoms. The van der Waals surface area contributed by atoms with Crippen molar-refractivity contribution >= 4 is 5.97 Å². The van der Waals surface area contributed by atoms with Gasteiger partial charge in [0.15, 0.2) is 6.29 Å². The van der Waals surface area contributed by atoms with Crippen LogP contribution in [0.15, 0.2) is 12.2 Å². The maximum absolute atomic E-state index is 12.5. The summed E-state index contributed by atoms with van der Waals surface area (Å²) in [7, 11) is 1.58. The second-order valence-electron chi connectivity index (χ2n) is 13.8. The lowest BCUT2D eigenvalue weighted by molar-refractivity contribution is -0.300. The van der Waals surface area contributed by atoms with Gasteiger partial charge in [0.05, 0.1) is 36.1 Å². The summed E-state index contributed by atoms with van der Waals surface area (Å²) in [4.78, 5) is 11.8. The Morgan fingerprint density at radius 3 is 2.54 bits per heavy atom. The molecule has 4 aliphatic carbocycles. The molecule has 6 aliphatic rings. The van der Waals surface area contributed by atoms with Crippen molar-refractivity contribution in [1.82, 2.24) is 0 Å². The van der Waals surface area contributed by atoms with Gasteiger partial charge in [0.1, 0.15) is 12.7 Å².